The van der Waals surface area contributed by atoms with Crippen molar-refractivity contribution in [2.24, 2.45) is 47.3 Å². The zero-order chi connectivity index (χ0) is 17.8. The zero-order valence-electron chi connectivity index (χ0n) is 12.9. The van der Waals surface area contributed by atoms with E-state index < -0.39 is 59.4 Å². The van der Waals surface area contributed by atoms with E-state index in [1.807, 2.05) is 0 Å². The van der Waals surface area contributed by atoms with Gasteiger partial charge in [-0.25, -0.2) is 0 Å². The van der Waals surface area contributed by atoms with Gasteiger partial charge in [0.15, 0.2) is 0 Å². The number of carboxylic acids is 4. The Labute approximate surface area is 137 Å². The molecule has 132 valence electrons. The molecule has 0 aromatic rings. The van der Waals surface area contributed by atoms with Gasteiger partial charge >= 0.3 is 23.9 Å². The average Bonchev–Trinajstić information content (AvgIpc) is 2.52. The van der Waals surface area contributed by atoms with Crippen LogP contribution in [0.2, 0.25) is 0 Å². The van der Waals surface area contributed by atoms with Gasteiger partial charge in [-0.15, -0.1) is 0 Å². The summed E-state index contributed by atoms with van der Waals surface area (Å²) in [6.07, 6.45) is 1.37. The first-order valence-electron chi connectivity index (χ1n) is 8.15. The minimum absolute atomic E-state index is 0.119. The number of hydrogen-bond acceptors (Lipinski definition) is 4. The van der Waals surface area contributed by atoms with Gasteiger partial charge in [-0.3, -0.25) is 19.2 Å². The van der Waals surface area contributed by atoms with E-state index in [0.29, 0.717) is 12.8 Å². The Hall–Kier alpha value is -2.12. The summed E-state index contributed by atoms with van der Waals surface area (Å²) in [7, 11) is 0. The number of rotatable bonds is 4. The van der Waals surface area contributed by atoms with Gasteiger partial charge in [-0.1, -0.05) is 0 Å². The zero-order valence-corrected chi connectivity index (χ0v) is 12.9. The van der Waals surface area contributed by atoms with Crippen LogP contribution in [0.1, 0.15) is 25.7 Å². The van der Waals surface area contributed by atoms with Crippen LogP contribution in [0.3, 0.4) is 0 Å². The fourth-order valence-corrected chi connectivity index (χ4v) is 5.71. The van der Waals surface area contributed by atoms with E-state index >= 15 is 0 Å². The third kappa shape index (κ3) is 2.35. The molecule has 4 aliphatic rings. The normalized spacial score (nSPS) is 43.7. The lowest BCUT2D eigenvalue weighted by molar-refractivity contribution is -0.186. The quantitative estimate of drug-likeness (QED) is 0.588. The van der Waals surface area contributed by atoms with Gasteiger partial charge in [-0.05, 0) is 49.4 Å². The molecule has 4 rings (SSSR count). The summed E-state index contributed by atoms with van der Waals surface area (Å²) >= 11 is 0. The molecule has 0 aromatic carbocycles. The van der Waals surface area contributed by atoms with Gasteiger partial charge in [0.25, 0.3) is 0 Å². The van der Waals surface area contributed by atoms with Crippen molar-refractivity contribution in [1.82, 2.24) is 0 Å². The van der Waals surface area contributed by atoms with E-state index in [0.717, 1.165) is 0 Å². The second-order valence-electron chi connectivity index (χ2n) is 7.32. The Balaban J connectivity index is 1.97. The van der Waals surface area contributed by atoms with E-state index in [-0.39, 0.29) is 24.7 Å². The van der Waals surface area contributed by atoms with Crippen LogP contribution >= 0.6 is 0 Å². The Bertz CT molecular complexity index is 547. The monoisotopic (exact) mass is 340 g/mol. The van der Waals surface area contributed by atoms with Crippen LogP contribution in [0.25, 0.3) is 0 Å². The summed E-state index contributed by atoms with van der Waals surface area (Å²) in [5, 5.41) is 37.7. The van der Waals surface area contributed by atoms with Crippen LogP contribution in [-0.2, 0) is 19.2 Å². The van der Waals surface area contributed by atoms with Crippen LogP contribution in [-0.4, -0.2) is 44.3 Å². The van der Waals surface area contributed by atoms with Crippen molar-refractivity contribution in [3.8, 4) is 0 Å². The Kier molecular flexibility index (Phi) is 4.01. The fraction of sp³-hybridized carbons (Fsp3) is 0.750. The molecule has 8 nitrogen and oxygen atoms in total. The predicted molar refractivity (Wildman–Crippen MR) is 76.9 cm³/mol. The van der Waals surface area contributed by atoms with Gasteiger partial charge in [0.1, 0.15) is 0 Å². The molecule has 0 aliphatic heterocycles. The third-order valence-corrected chi connectivity index (χ3v) is 6.54. The highest BCUT2D eigenvalue weighted by molar-refractivity contribution is 5.82. The smallest absolute Gasteiger partial charge is 0.307 e. The lowest BCUT2D eigenvalue weighted by Gasteiger charge is -2.57. The standard InChI is InChI=1S/C16H20O8/c17-13(18)9-3-7-5-1-2-6(8(7)4-10(9)14(19)20)12(16(23)24)11(5)15(21)22/h5-12H,1-4H2,(H,17,18)(H,19,20)(H,21,22)(H,23,24). The van der Waals surface area contributed by atoms with Crippen LogP contribution in [0.15, 0.2) is 0 Å². The van der Waals surface area contributed by atoms with Crippen LogP contribution in [0.5, 0.6) is 0 Å². The molecule has 0 spiro atoms. The molecule has 8 atom stereocenters. The lowest BCUT2D eigenvalue weighted by atomic mass is 9.45. The van der Waals surface area contributed by atoms with E-state index in [4.69, 9.17) is 0 Å². The fourth-order valence-electron chi connectivity index (χ4n) is 5.71. The van der Waals surface area contributed by atoms with Crippen molar-refractivity contribution in [2.45, 2.75) is 25.7 Å². The summed E-state index contributed by atoms with van der Waals surface area (Å²) in [6.45, 7) is 0. The second-order valence-corrected chi connectivity index (χ2v) is 7.32. The van der Waals surface area contributed by atoms with E-state index in [2.05, 4.69) is 0 Å². The summed E-state index contributed by atoms with van der Waals surface area (Å²) in [4.78, 5) is 46.2. The van der Waals surface area contributed by atoms with E-state index in [9.17, 15) is 39.6 Å². The summed E-state index contributed by atoms with van der Waals surface area (Å²) in [5.41, 5.74) is 0. The first kappa shape index (κ1) is 16.7. The molecule has 0 radical (unpaired) electrons. The molecule has 8 heteroatoms. The molecule has 0 aromatic heterocycles. The molecule has 4 fully saturated rings. The summed E-state index contributed by atoms with van der Waals surface area (Å²) in [5.74, 6) is -10.0. The number of fused-ring (bicyclic) bond motifs is 2. The SMILES string of the molecule is O=C(O)C1CC2C(CC1C(=O)O)C1CCC2C(C(=O)O)C1C(=O)O. The molecular formula is C16H20O8. The van der Waals surface area contributed by atoms with E-state index in [1.54, 1.807) is 0 Å². The summed E-state index contributed by atoms with van der Waals surface area (Å²) in [6, 6.07) is 0. The minimum Gasteiger partial charge on any atom is -0.481 e. The van der Waals surface area contributed by atoms with Crippen molar-refractivity contribution in [1.29, 1.82) is 0 Å². The number of hydrogen-bond donors (Lipinski definition) is 4. The molecule has 24 heavy (non-hydrogen) atoms. The highest BCUT2D eigenvalue weighted by atomic mass is 16.4. The Morgan fingerprint density at radius 2 is 0.875 bits per heavy atom. The molecule has 0 amide bonds. The van der Waals surface area contributed by atoms with Gasteiger partial charge in [0, 0.05) is 0 Å². The summed E-state index contributed by atoms with van der Waals surface area (Å²) < 4.78 is 0. The van der Waals surface area contributed by atoms with Crippen molar-refractivity contribution in [3.05, 3.63) is 0 Å². The molecule has 2 bridgehead atoms. The Morgan fingerprint density at radius 1 is 0.542 bits per heavy atom. The van der Waals surface area contributed by atoms with Crippen molar-refractivity contribution in [2.75, 3.05) is 0 Å². The number of carbonyl (C=O) groups is 4. The first-order valence-corrected chi connectivity index (χ1v) is 8.15. The average molecular weight is 340 g/mol. The lowest BCUT2D eigenvalue weighted by Crippen LogP contribution is -2.59. The van der Waals surface area contributed by atoms with Crippen molar-refractivity contribution >= 4 is 23.9 Å². The molecule has 4 saturated carbocycles. The van der Waals surface area contributed by atoms with Gasteiger partial charge in [0.05, 0.1) is 23.7 Å². The molecule has 0 saturated heterocycles. The van der Waals surface area contributed by atoms with Crippen LogP contribution in [0.4, 0.5) is 0 Å². The maximum absolute atomic E-state index is 11.6. The topological polar surface area (TPSA) is 149 Å². The second kappa shape index (κ2) is 5.75. The highest BCUT2D eigenvalue weighted by Gasteiger charge is 2.61. The van der Waals surface area contributed by atoms with Gasteiger partial charge < -0.3 is 20.4 Å². The molecule has 0 heterocycles. The largest absolute Gasteiger partial charge is 0.481 e. The van der Waals surface area contributed by atoms with Gasteiger partial charge in [-0.2, -0.15) is 0 Å². The molecule has 8 unspecified atom stereocenters. The maximum Gasteiger partial charge on any atom is 0.307 e. The number of carboxylic acid groups (broad SMARTS) is 4. The predicted octanol–water partition coefficient (Wildman–Crippen LogP) is 0.856. The molecule has 4 aliphatic carbocycles. The Morgan fingerprint density at radius 3 is 1.12 bits per heavy atom. The molecule has 4 N–H and O–H groups in total. The number of aliphatic carboxylic acids is 4. The third-order valence-electron chi connectivity index (χ3n) is 6.54. The van der Waals surface area contributed by atoms with Crippen molar-refractivity contribution in [3.63, 3.8) is 0 Å². The van der Waals surface area contributed by atoms with Crippen molar-refractivity contribution < 1.29 is 39.6 Å². The van der Waals surface area contributed by atoms with Gasteiger partial charge in [0.2, 0.25) is 0 Å². The maximum atomic E-state index is 11.6. The highest BCUT2D eigenvalue weighted by Crippen LogP contribution is 2.60. The minimum atomic E-state index is -1.18. The van der Waals surface area contributed by atoms with Crippen LogP contribution < -0.4 is 0 Å². The van der Waals surface area contributed by atoms with Crippen LogP contribution in [0, 0.1) is 47.3 Å². The molecular weight excluding hydrogens is 320 g/mol. The van der Waals surface area contributed by atoms with E-state index in [1.165, 1.54) is 0 Å². The first-order chi connectivity index (χ1) is 11.2.